The highest BCUT2D eigenvalue weighted by atomic mass is 32.7. The number of nitrogens with zero attached hydrogens (tertiary/aromatic N) is 1. The molecule has 5 nitrogen and oxygen atoms in total. The minimum absolute atomic E-state index is 0.0763. The Hall–Kier alpha value is 0.320. The monoisotopic (exact) mass is 370 g/mol. The van der Waals surface area contributed by atoms with E-state index in [9.17, 15) is 13.9 Å². The highest BCUT2D eigenvalue weighted by Crippen LogP contribution is 2.59. The van der Waals surface area contributed by atoms with Crippen molar-refractivity contribution in [3.05, 3.63) is 0 Å². The van der Waals surface area contributed by atoms with E-state index in [0.29, 0.717) is 6.42 Å². The van der Waals surface area contributed by atoms with Crippen LogP contribution in [-0.4, -0.2) is 46.5 Å². The molecule has 0 aliphatic rings. The molecule has 1 amide bonds. The lowest BCUT2D eigenvalue weighted by Crippen LogP contribution is -2.28. The Labute approximate surface area is 142 Å². The van der Waals surface area contributed by atoms with Gasteiger partial charge in [-0.3, -0.25) is 14.0 Å². The zero-order chi connectivity index (χ0) is 17.2. The fraction of sp³-hybridized carbons (Fsp3) is 0.929. The number of hydrogen-bond acceptors (Lipinski definition) is 4. The molecule has 0 saturated carbocycles. The number of rotatable bonds is 12. The first-order chi connectivity index (χ1) is 10.3. The van der Waals surface area contributed by atoms with Gasteiger partial charge in [0.2, 0.25) is 5.91 Å². The summed E-state index contributed by atoms with van der Waals surface area (Å²) in [7, 11) is 3.26. The molecule has 132 valence electrons. The summed E-state index contributed by atoms with van der Waals surface area (Å²) in [5.74, 6) is 0.654. The Bertz CT molecular complexity index is 370. The minimum Gasteiger partial charge on any atom is -0.617 e. The molecule has 0 saturated heterocycles. The Morgan fingerprint density at radius 3 is 2.45 bits per heavy atom. The summed E-state index contributed by atoms with van der Waals surface area (Å²) in [4.78, 5) is 12.2. The Kier molecular flexibility index (Phi) is 12.0. The van der Waals surface area contributed by atoms with Crippen LogP contribution in [0.5, 0.6) is 0 Å². The molecular weight excluding hydrogens is 339 g/mol. The van der Waals surface area contributed by atoms with Crippen LogP contribution in [0.25, 0.3) is 0 Å². The largest absolute Gasteiger partial charge is 0.617 e. The van der Waals surface area contributed by atoms with Gasteiger partial charge < -0.3 is 4.55 Å². The summed E-state index contributed by atoms with van der Waals surface area (Å²) in [5.41, 5.74) is 0. The van der Waals surface area contributed by atoms with Gasteiger partial charge in [0, 0.05) is 18.7 Å². The van der Waals surface area contributed by atoms with E-state index in [0.717, 1.165) is 37.9 Å². The van der Waals surface area contributed by atoms with Crippen molar-refractivity contribution < 1.29 is 13.9 Å². The van der Waals surface area contributed by atoms with Crippen LogP contribution < -0.4 is 5.09 Å². The predicted octanol–water partition coefficient (Wildman–Crippen LogP) is 3.63. The second-order valence-corrected chi connectivity index (χ2v) is 12.2. The molecule has 0 aromatic rings. The number of unbranched alkanes of at least 4 members (excludes halogenated alkanes) is 3. The summed E-state index contributed by atoms with van der Waals surface area (Å²) < 4.78 is 25.2. The average Bonchev–Trinajstić information content (AvgIpc) is 2.48. The van der Waals surface area contributed by atoms with Crippen LogP contribution in [0.4, 0.5) is 0 Å². The van der Waals surface area contributed by atoms with Gasteiger partial charge in [-0.2, -0.15) is 0 Å². The third kappa shape index (κ3) is 8.82. The molecule has 0 aliphatic heterocycles. The number of amides is 1. The van der Waals surface area contributed by atoms with Gasteiger partial charge in [0.05, 0.1) is 6.26 Å². The Balaban J connectivity index is 4.20. The number of nitrogens with one attached hydrogen (secondary N) is 1. The molecule has 0 rings (SSSR count). The smallest absolute Gasteiger partial charge is 0.294 e. The van der Waals surface area contributed by atoms with E-state index in [-0.39, 0.29) is 11.2 Å². The highest BCUT2D eigenvalue weighted by Gasteiger charge is 2.31. The van der Waals surface area contributed by atoms with E-state index in [4.69, 9.17) is 0 Å². The van der Waals surface area contributed by atoms with Gasteiger partial charge in [-0.25, -0.2) is 5.09 Å². The predicted molar refractivity (Wildman–Crippen MR) is 98.8 cm³/mol. The molecule has 0 bridgehead atoms. The molecule has 0 heterocycles. The highest BCUT2D eigenvalue weighted by molar-refractivity contribution is 8.57. The molecule has 0 aromatic carbocycles. The first-order valence-electron chi connectivity index (χ1n) is 7.81. The maximum absolute atomic E-state index is 12.8. The minimum atomic E-state index is -2.88. The van der Waals surface area contributed by atoms with Crippen molar-refractivity contribution in [1.82, 2.24) is 9.76 Å². The third-order valence-corrected chi connectivity index (χ3v) is 10.1. The van der Waals surface area contributed by atoms with Crippen molar-refractivity contribution in [2.75, 3.05) is 26.1 Å². The van der Waals surface area contributed by atoms with Gasteiger partial charge >= 0.3 is 0 Å². The lowest BCUT2D eigenvalue weighted by atomic mass is 10.1. The van der Waals surface area contributed by atoms with Gasteiger partial charge in [0.1, 0.15) is 5.75 Å². The molecule has 1 N–H and O–H groups in total. The van der Waals surface area contributed by atoms with Crippen LogP contribution in [0.2, 0.25) is 0 Å². The molecular formula is C14H31N2O3PS2. The first kappa shape index (κ1) is 22.3. The van der Waals surface area contributed by atoms with E-state index in [1.807, 2.05) is 13.8 Å². The topological polar surface area (TPSA) is 72.5 Å². The first-order valence-corrected chi connectivity index (χ1v) is 12.7. The van der Waals surface area contributed by atoms with Gasteiger partial charge in [0.15, 0.2) is 0 Å². The zero-order valence-corrected chi connectivity index (χ0v) is 17.0. The molecule has 3 unspecified atom stereocenters. The quantitative estimate of drug-likeness (QED) is 0.323. The van der Waals surface area contributed by atoms with Gasteiger partial charge in [0.25, 0.3) is 6.65 Å². The molecule has 0 aliphatic carbocycles. The molecule has 0 aromatic heterocycles. The molecule has 0 spiro atoms. The number of hydrogen-bond donors (Lipinski definition) is 1. The zero-order valence-electron chi connectivity index (χ0n) is 14.5. The standard InChI is InChI=1S/C14H31N2O3PS2/c1-6-13(2)21-20(18,15-3)16(4)14(17)11-9-7-8-10-12-22(5)19/h13H,6-12H2,1-5H3,(H,15,18). The second-order valence-electron chi connectivity index (χ2n) is 5.43. The van der Waals surface area contributed by atoms with E-state index in [2.05, 4.69) is 5.09 Å². The van der Waals surface area contributed by atoms with E-state index >= 15 is 0 Å². The summed E-state index contributed by atoms with van der Waals surface area (Å²) in [5, 5.41) is 3.08. The van der Waals surface area contributed by atoms with E-state index < -0.39 is 17.8 Å². The van der Waals surface area contributed by atoms with Crippen molar-refractivity contribution in [3.63, 3.8) is 0 Å². The average molecular weight is 371 g/mol. The lowest BCUT2D eigenvalue weighted by Gasteiger charge is -2.28. The normalized spacial score (nSPS) is 16.8. The fourth-order valence-electron chi connectivity index (χ4n) is 1.84. The van der Waals surface area contributed by atoms with Crippen molar-refractivity contribution in [3.8, 4) is 0 Å². The van der Waals surface area contributed by atoms with Crippen molar-refractivity contribution in [2.45, 2.75) is 57.6 Å². The Morgan fingerprint density at radius 1 is 1.36 bits per heavy atom. The summed E-state index contributed by atoms with van der Waals surface area (Å²) in [6, 6.07) is 0. The van der Waals surface area contributed by atoms with Crippen molar-refractivity contribution >= 4 is 35.1 Å². The SMILES string of the molecule is CCC(C)SP(=O)(NC)N(C)C(=O)CCCCCC[S+](C)[O-]. The van der Waals surface area contributed by atoms with Crippen LogP contribution in [0, 0.1) is 0 Å². The van der Waals surface area contributed by atoms with E-state index in [1.165, 1.54) is 16.1 Å². The van der Waals surface area contributed by atoms with Crippen LogP contribution in [0.1, 0.15) is 52.4 Å². The summed E-state index contributed by atoms with van der Waals surface area (Å²) in [6.07, 6.45) is 6.70. The maximum Gasteiger partial charge on any atom is 0.294 e. The van der Waals surface area contributed by atoms with Crippen LogP contribution in [-0.2, 0) is 20.5 Å². The van der Waals surface area contributed by atoms with Crippen molar-refractivity contribution in [1.29, 1.82) is 0 Å². The summed E-state index contributed by atoms with van der Waals surface area (Å²) >= 11 is 0.620. The molecule has 8 heteroatoms. The van der Waals surface area contributed by atoms with Gasteiger partial charge in [-0.1, -0.05) is 42.8 Å². The summed E-state index contributed by atoms with van der Waals surface area (Å²) in [6.45, 7) is 1.18. The lowest BCUT2D eigenvalue weighted by molar-refractivity contribution is -0.125. The fourth-order valence-corrected chi connectivity index (χ4v) is 6.95. The number of carbonyl (C=O) groups is 1. The van der Waals surface area contributed by atoms with Crippen LogP contribution >= 0.6 is 18.0 Å². The van der Waals surface area contributed by atoms with Crippen molar-refractivity contribution in [2.24, 2.45) is 0 Å². The van der Waals surface area contributed by atoms with Gasteiger partial charge in [-0.05, 0) is 32.7 Å². The maximum atomic E-state index is 12.8. The molecule has 22 heavy (non-hydrogen) atoms. The second kappa shape index (κ2) is 11.8. The van der Waals surface area contributed by atoms with Crippen LogP contribution in [0.3, 0.4) is 0 Å². The van der Waals surface area contributed by atoms with E-state index in [1.54, 1.807) is 20.4 Å². The van der Waals surface area contributed by atoms with Crippen LogP contribution in [0.15, 0.2) is 0 Å². The van der Waals surface area contributed by atoms with Gasteiger partial charge in [-0.15, -0.1) is 0 Å². The number of carbonyl (C=O) groups excluding carboxylic acids is 1. The third-order valence-electron chi connectivity index (χ3n) is 3.51. The molecule has 0 radical (unpaired) electrons. The Morgan fingerprint density at radius 2 is 1.95 bits per heavy atom. The molecule has 3 atom stereocenters. The molecule has 0 fully saturated rings.